The highest BCUT2D eigenvalue weighted by molar-refractivity contribution is 7.80. The van der Waals surface area contributed by atoms with E-state index in [0.717, 1.165) is 63.8 Å². The van der Waals surface area contributed by atoms with Gasteiger partial charge in [0.05, 0.1) is 29.3 Å². The lowest BCUT2D eigenvalue weighted by molar-refractivity contribution is 0.0375. The summed E-state index contributed by atoms with van der Waals surface area (Å²) in [4.78, 5) is 4.69. The number of hydrogen-bond acceptors (Lipinski definition) is 3. The molecule has 1 aliphatic carbocycles. The lowest BCUT2D eigenvalue weighted by Crippen LogP contribution is -2.42. The van der Waals surface area contributed by atoms with E-state index < -0.39 is 0 Å². The van der Waals surface area contributed by atoms with Crippen molar-refractivity contribution in [1.29, 1.82) is 0 Å². The van der Waals surface area contributed by atoms with E-state index in [1.54, 1.807) is 0 Å². The molecule has 0 aromatic heterocycles. The summed E-state index contributed by atoms with van der Waals surface area (Å²) in [5, 5.41) is 5.51. The number of halogens is 2. The Hall–Kier alpha value is -1.37. The number of rotatable bonds is 6. The minimum absolute atomic E-state index is 0.268. The van der Waals surface area contributed by atoms with Crippen molar-refractivity contribution in [1.82, 2.24) is 15.1 Å². The molecule has 1 N–H and O–H groups in total. The first kappa shape index (κ1) is 23.8. The highest BCUT2D eigenvalue weighted by atomic mass is 35.5. The van der Waals surface area contributed by atoms with E-state index in [1.807, 2.05) is 12.1 Å². The van der Waals surface area contributed by atoms with Gasteiger partial charge in [0.25, 0.3) is 0 Å². The van der Waals surface area contributed by atoms with E-state index >= 15 is 0 Å². The van der Waals surface area contributed by atoms with Gasteiger partial charge < -0.3 is 15.0 Å². The molecule has 2 atom stereocenters. The van der Waals surface area contributed by atoms with E-state index in [2.05, 4.69) is 52.5 Å². The minimum Gasteiger partial charge on any atom is -0.379 e. The molecule has 2 aliphatic rings. The molecule has 1 heterocycles. The van der Waals surface area contributed by atoms with Crippen LogP contribution < -0.4 is 5.32 Å². The molecule has 0 unspecified atom stereocenters. The molecule has 32 heavy (non-hydrogen) atoms. The summed E-state index contributed by atoms with van der Waals surface area (Å²) in [5.74, 6) is 0.320. The van der Waals surface area contributed by atoms with E-state index in [1.165, 1.54) is 16.7 Å². The van der Waals surface area contributed by atoms with Gasteiger partial charge in [-0.25, -0.2) is 0 Å². The van der Waals surface area contributed by atoms with Crippen molar-refractivity contribution in [2.75, 3.05) is 46.4 Å². The van der Waals surface area contributed by atoms with Crippen molar-refractivity contribution in [2.45, 2.75) is 31.2 Å². The number of thiocarbonyl (C=S) groups is 1. The van der Waals surface area contributed by atoms with Crippen LogP contribution >= 0.6 is 35.4 Å². The molecule has 7 heteroatoms. The van der Waals surface area contributed by atoms with Crippen LogP contribution in [0.25, 0.3) is 0 Å². The van der Waals surface area contributed by atoms with Gasteiger partial charge in [0, 0.05) is 32.6 Å². The van der Waals surface area contributed by atoms with Crippen LogP contribution in [-0.2, 0) is 4.74 Å². The fourth-order valence-electron chi connectivity index (χ4n) is 4.83. The molecule has 1 fully saturated rings. The first-order chi connectivity index (χ1) is 15.5. The molecule has 2 aromatic carbocycles. The summed E-state index contributed by atoms with van der Waals surface area (Å²) < 4.78 is 5.42. The highest BCUT2D eigenvalue weighted by Gasteiger charge is 2.31. The minimum atomic E-state index is 0.268. The average Bonchev–Trinajstić information content (AvgIpc) is 2.83. The van der Waals surface area contributed by atoms with Gasteiger partial charge in [-0.1, -0.05) is 53.5 Å². The molecule has 4 nitrogen and oxygen atoms in total. The SMILES string of the molecule is CN(C(=S)NCCCN1CCOCC1)[C@@H]1CC[C@@H](c2ccc(Cl)c(Cl)c2)c2ccccc21. The first-order valence-corrected chi connectivity index (χ1v) is 12.6. The largest absolute Gasteiger partial charge is 0.379 e. The van der Waals surface area contributed by atoms with E-state index in [4.69, 9.17) is 40.2 Å². The van der Waals surface area contributed by atoms with Gasteiger partial charge in [0.15, 0.2) is 5.11 Å². The Labute approximate surface area is 206 Å². The Kier molecular flexibility index (Phi) is 8.30. The number of fused-ring (bicyclic) bond motifs is 1. The molecule has 0 bridgehead atoms. The third kappa shape index (κ3) is 5.57. The van der Waals surface area contributed by atoms with Crippen LogP contribution in [0.2, 0.25) is 10.0 Å². The molecule has 0 radical (unpaired) electrons. The fraction of sp³-hybridized carbons (Fsp3) is 0.480. The van der Waals surface area contributed by atoms with Crippen LogP contribution in [0.4, 0.5) is 0 Å². The number of nitrogens with one attached hydrogen (secondary N) is 1. The molecule has 1 aliphatic heterocycles. The normalized spacial score (nSPS) is 21.1. The first-order valence-electron chi connectivity index (χ1n) is 11.4. The van der Waals surface area contributed by atoms with Crippen LogP contribution in [0.3, 0.4) is 0 Å². The van der Waals surface area contributed by atoms with Crippen molar-refractivity contribution in [3.8, 4) is 0 Å². The monoisotopic (exact) mass is 491 g/mol. The van der Waals surface area contributed by atoms with Crippen molar-refractivity contribution < 1.29 is 4.74 Å². The maximum absolute atomic E-state index is 6.32. The summed E-state index contributed by atoms with van der Waals surface area (Å²) >= 11 is 18.2. The maximum Gasteiger partial charge on any atom is 0.169 e. The van der Waals surface area contributed by atoms with Gasteiger partial charge in [-0.3, -0.25) is 4.90 Å². The van der Waals surface area contributed by atoms with Crippen molar-refractivity contribution in [3.63, 3.8) is 0 Å². The molecule has 0 saturated carbocycles. The lowest BCUT2D eigenvalue weighted by Gasteiger charge is -2.38. The Morgan fingerprint density at radius 1 is 1.09 bits per heavy atom. The topological polar surface area (TPSA) is 27.7 Å². The predicted molar refractivity (Wildman–Crippen MR) is 137 cm³/mol. The summed E-state index contributed by atoms with van der Waals surface area (Å²) in [5.41, 5.74) is 3.91. The molecule has 172 valence electrons. The fourth-order valence-corrected chi connectivity index (χ4v) is 5.37. The van der Waals surface area contributed by atoms with Crippen LogP contribution in [-0.4, -0.2) is 61.4 Å². The number of ether oxygens (including phenoxy) is 1. The Morgan fingerprint density at radius 2 is 1.84 bits per heavy atom. The third-order valence-corrected chi connectivity index (χ3v) is 7.80. The number of morpholine rings is 1. The predicted octanol–water partition coefficient (Wildman–Crippen LogP) is 5.49. The van der Waals surface area contributed by atoms with Crippen LogP contribution in [0.15, 0.2) is 42.5 Å². The molecule has 0 spiro atoms. The maximum atomic E-state index is 6.32. The van der Waals surface area contributed by atoms with Gasteiger partial charge in [0.1, 0.15) is 0 Å². The second-order valence-electron chi connectivity index (χ2n) is 8.60. The van der Waals surface area contributed by atoms with E-state index in [9.17, 15) is 0 Å². The van der Waals surface area contributed by atoms with Gasteiger partial charge >= 0.3 is 0 Å². The van der Waals surface area contributed by atoms with Gasteiger partial charge in [-0.15, -0.1) is 0 Å². The van der Waals surface area contributed by atoms with Crippen LogP contribution in [0.5, 0.6) is 0 Å². The molecule has 4 rings (SSSR count). The summed E-state index contributed by atoms with van der Waals surface area (Å²) in [6.45, 7) is 5.73. The second kappa shape index (κ2) is 11.2. The molecular formula is C25H31Cl2N3OS. The summed E-state index contributed by atoms with van der Waals surface area (Å²) in [6.07, 6.45) is 3.16. The summed E-state index contributed by atoms with van der Waals surface area (Å²) in [7, 11) is 2.11. The van der Waals surface area contributed by atoms with Gasteiger partial charge in [-0.05, 0) is 66.8 Å². The van der Waals surface area contributed by atoms with Gasteiger partial charge in [-0.2, -0.15) is 0 Å². The smallest absolute Gasteiger partial charge is 0.169 e. The Morgan fingerprint density at radius 3 is 2.59 bits per heavy atom. The quantitative estimate of drug-likeness (QED) is 0.425. The molecule has 0 amide bonds. The highest BCUT2D eigenvalue weighted by Crippen LogP contribution is 2.44. The third-order valence-electron chi connectivity index (χ3n) is 6.62. The zero-order chi connectivity index (χ0) is 22.5. The average molecular weight is 493 g/mol. The van der Waals surface area contributed by atoms with Crippen molar-refractivity contribution in [2.24, 2.45) is 0 Å². The van der Waals surface area contributed by atoms with E-state index in [-0.39, 0.29) is 6.04 Å². The summed E-state index contributed by atoms with van der Waals surface area (Å²) in [6, 6.07) is 15.0. The second-order valence-corrected chi connectivity index (χ2v) is 9.80. The van der Waals surface area contributed by atoms with Crippen molar-refractivity contribution >= 4 is 40.5 Å². The van der Waals surface area contributed by atoms with Crippen molar-refractivity contribution in [3.05, 3.63) is 69.2 Å². The zero-order valence-corrected chi connectivity index (χ0v) is 20.9. The number of nitrogens with zero attached hydrogens (tertiary/aromatic N) is 2. The Balaban J connectivity index is 1.39. The number of hydrogen-bond donors (Lipinski definition) is 1. The standard InChI is InChI=1S/C25H31Cl2N3OS/c1-29(25(32)28-11-4-12-30-13-15-31-16-14-30)24-10-8-19(20-5-2-3-6-21(20)24)18-7-9-22(26)23(27)17-18/h2-3,5-7,9,17,19,24H,4,8,10-16H2,1H3,(H,28,32)/t19-,24+/m0/s1. The number of benzene rings is 2. The van der Waals surface area contributed by atoms with Crippen LogP contribution in [0.1, 0.15) is 47.9 Å². The molecule has 1 saturated heterocycles. The van der Waals surface area contributed by atoms with Crippen LogP contribution in [0, 0.1) is 0 Å². The zero-order valence-electron chi connectivity index (χ0n) is 18.5. The van der Waals surface area contributed by atoms with Gasteiger partial charge in [0.2, 0.25) is 0 Å². The Bertz CT molecular complexity index is 935. The molecular weight excluding hydrogens is 461 g/mol. The molecule has 2 aromatic rings. The lowest BCUT2D eigenvalue weighted by atomic mass is 9.76. The van der Waals surface area contributed by atoms with E-state index in [0.29, 0.717) is 16.0 Å².